The Balaban J connectivity index is 1.37. The Bertz CT molecular complexity index is 758. The number of rotatable bonds is 9. The summed E-state index contributed by atoms with van der Waals surface area (Å²) in [7, 11) is 0. The van der Waals surface area contributed by atoms with Crippen LogP contribution >= 0.6 is 0 Å². The Morgan fingerprint density at radius 3 is 2.03 bits per heavy atom. The van der Waals surface area contributed by atoms with Crippen molar-refractivity contribution in [2.24, 2.45) is 0 Å². The molecule has 1 aliphatic heterocycles. The molecule has 0 aliphatic carbocycles. The van der Waals surface area contributed by atoms with Crippen LogP contribution in [0.1, 0.15) is 36.0 Å². The van der Waals surface area contributed by atoms with Crippen molar-refractivity contribution in [3.63, 3.8) is 0 Å². The number of hydrogen-bond donors (Lipinski definition) is 2. The van der Waals surface area contributed by atoms with Crippen molar-refractivity contribution in [1.29, 1.82) is 0 Å². The van der Waals surface area contributed by atoms with Crippen molar-refractivity contribution in [1.82, 2.24) is 10.2 Å². The Labute approximate surface area is 175 Å². The molecule has 164 valence electrons. The van der Waals surface area contributed by atoms with E-state index in [-0.39, 0.29) is 6.61 Å². The van der Waals surface area contributed by atoms with E-state index in [0.717, 1.165) is 36.3 Å². The lowest BCUT2D eigenvalue weighted by atomic mass is 10.1. The van der Waals surface area contributed by atoms with Gasteiger partial charge in [-0.3, -0.25) is 0 Å². The largest absolute Gasteiger partial charge is 0.491 e. The monoisotopic (exact) mass is 422 g/mol. The highest BCUT2D eigenvalue weighted by atomic mass is 19.4. The summed E-state index contributed by atoms with van der Waals surface area (Å²) in [4.78, 5) is 2.28. The normalized spacial score (nSPS) is 16.4. The van der Waals surface area contributed by atoms with Gasteiger partial charge in [-0.25, -0.2) is 0 Å². The molecule has 0 unspecified atom stereocenters. The maximum atomic E-state index is 12.6. The minimum absolute atomic E-state index is 0.266. The van der Waals surface area contributed by atoms with Crippen molar-refractivity contribution < 1.29 is 23.0 Å². The predicted octanol–water partition coefficient (Wildman–Crippen LogP) is 4.22. The summed E-state index contributed by atoms with van der Waals surface area (Å²) in [6.07, 6.45) is -1.15. The summed E-state index contributed by atoms with van der Waals surface area (Å²) in [5.41, 5.74) is 1.21. The van der Waals surface area contributed by atoms with Crippen LogP contribution in [0.2, 0.25) is 0 Å². The van der Waals surface area contributed by atoms with Gasteiger partial charge in [0.05, 0.1) is 5.56 Å². The van der Waals surface area contributed by atoms with Gasteiger partial charge in [0.2, 0.25) is 0 Å². The lowest BCUT2D eigenvalue weighted by molar-refractivity contribution is -0.137. The molecular formula is C23H29F3N2O2. The summed E-state index contributed by atoms with van der Waals surface area (Å²) in [5.74, 6) is 0.708. The fourth-order valence-electron chi connectivity index (χ4n) is 3.55. The van der Waals surface area contributed by atoms with E-state index < -0.39 is 17.8 Å². The van der Waals surface area contributed by atoms with E-state index >= 15 is 0 Å². The number of benzene rings is 2. The lowest BCUT2D eigenvalue weighted by Gasteiger charge is -2.28. The van der Waals surface area contributed by atoms with Crippen molar-refractivity contribution in [2.75, 3.05) is 26.2 Å². The number of likely N-dealkylation sites (tertiary alicyclic amines) is 1. The summed E-state index contributed by atoms with van der Waals surface area (Å²) < 4.78 is 43.5. The highest BCUT2D eigenvalue weighted by molar-refractivity contribution is 5.28. The molecule has 1 atom stereocenters. The van der Waals surface area contributed by atoms with Crippen LogP contribution in [0, 0.1) is 0 Å². The molecule has 1 saturated heterocycles. The van der Waals surface area contributed by atoms with Gasteiger partial charge in [0.25, 0.3) is 0 Å². The molecular weight excluding hydrogens is 393 g/mol. The zero-order chi connectivity index (χ0) is 21.4. The molecule has 0 radical (unpaired) electrons. The number of piperidine rings is 1. The molecule has 4 nitrogen and oxygen atoms in total. The van der Waals surface area contributed by atoms with E-state index in [1.807, 2.05) is 24.3 Å². The third kappa shape index (κ3) is 7.31. The minimum atomic E-state index is -4.31. The summed E-state index contributed by atoms with van der Waals surface area (Å²) in [6.45, 7) is 4.09. The third-order valence-electron chi connectivity index (χ3n) is 5.22. The molecule has 1 fully saturated rings. The first-order valence-electron chi connectivity index (χ1n) is 10.4. The van der Waals surface area contributed by atoms with Gasteiger partial charge in [0, 0.05) is 19.6 Å². The molecule has 0 amide bonds. The number of nitrogens with zero attached hydrogens (tertiary/aromatic N) is 1. The van der Waals surface area contributed by atoms with Gasteiger partial charge < -0.3 is 20.1 Å². The maximum absolute atomic E-state index is 12.6. The molecule has 2 aromatic rings. The highest BCUT2D eigenvalue weighted by Gasteiger charge is 2.29. The number of alkyl halides is 3. The zero-order valence-electron chi connectivity index (χ0n) is 17.0. The van der Waals surface area contributed by atoms with E-state index in [2.05, 4.69) is 10.2 Å². The summed E-state index contributed by atoms with van der Waals surface area (Å²) in [5, 5.41) is 13.4. The Morgan fingerprint density at radius 2 is 1.47 bits per heavy atom. The number of β-amino-alcohol motifs (C(OH)–C–C–N with tert-alkyl or cyclic N) is 1. The molecule has 1 aliphatic rings. The number of nitrogens with one attached hydrogen (secondary N) is 1. The van der Waals surface area contributed by atoms with Crippen LogP contribution < -0.4 is 10.1 Å². The standard InChI is InChI=1S/C23H29F3N2O2/c24-23(25,26)20-8-4-18(5-9-20)14-27-15-19-6-10-22(11-7-19)30-17-21(29)16-28-12-2-1-3-13-28/h4-11,21,27,29H,1-3,12-17H2/t21-/m0/s1. The van der Waals surface area contributed by atoms with Gasteiger partial charge >= 0.3 is 6.18 Å². The molecule has 0 bridgehead atoms. The molecule has 7 heteroatoms. The van der Waals surface area contributed by atoms with Gasteiger partial charge in [0.1, 0.15) is 18.5 Å². The number of aliphatic hydroxyl groups is 1. The molecule has 2 N–H and O–H groups in total. The van der Waals surface area contributed by atoms with Crippen LogP contribution in [0.5, 0.6) is 5.75 Å². The third-order valence-corrected chi connectivity index (χ3v) is 5.22. The molecule has 30 heavy (non-hydrogen) atoms. The fraction of sp³-hybridized carbons (Fsp3) is 0.478. The number of hydrogen-bond acceptors (Lipinski definition) is 4. The predicted molar refractivity (Wildman–Crippen MR) is 110 cm³/mol. The Hall–Kier alpha value is -2.09. The first-order chi connectivity index (χ1) is 14.4. The Kier molecular flexibility index (Phi) is 8.13. The number of ether oxygens (including phenoxy) is 1. The number of halogens is 3. The first-order valence-corrected chi connectivity index (χ1v) is 10.4. The van der Waals surface area contributed by atoms with Gasteiger partial charge in [-0.05, 0) is 61.3 Å². The minimum Gasteiger partial charge on any atom is -0.491 e. The van der Waals surface area contributed by atoms with Crippen LogP contribution in [0.25, 0.3) is 0 Å². The second-order valence-corrected chi connectivity index (χ2v) is 7.77. The SMILES string of the molecule is O[C@H](COc1ccc(CNCc2ccc(C(F)(F)F)cc2)cc1)CN1CCCCC1. The maximum Gasteiger partial charge on any atom is 0.416 e. The van der Waals surface area contributed by atoms with Crippen molar-refractivity contribution in [3.05, 3.63) is 65.2 Å². The molecule has 1 heterocycles. The zero-order valence-corrected chi connectivity index (χ0v) is 17.0. The lowest BCUT2D eigenvalue weighted by Crippen LogP contribution is -2.38. The van der Waals surface area contributed by atoms with E-state index in [4.69, 9.17) is 4.74 Å². The Morgan fingerprint density at radius 1 is 0.900 bits per heavy atom. The average molecular weight is 422 g/mol. The van der Waals surface area contributed by atoms with Crippen molar-refractivity contribution in [3.8, 4) is 5.75 Å². The van der Waals surface area contributed by atoms with Crippen molar-refractivity contribution >= 4 is 0 Å². The fourth-order valence-corrected chi connectivity index (χ4v) is 3.55. The van der Waals surface area contributed by atoms with Crippen LogP contribution in [0.4, 0.5) is 13.2 Å². The van der Waals surface area contributed by atoms with Crippen LogP contribution in [-0.4, -0.2) is 42.4 Å². The van der Waals surface area contributed by atoms with Crippen LogP contribution in [0.3, 0.4) is 0 Å². The van der Waals surface area contributed by atoms with E-state index in [1.165, 1.54) is 31.4 Å². The van der Waals surface area contributed by atoms with Gasteiger partial charge in [0.15, 0.2) is 0 Å². The highest BCUT2D eigenvalue weighted by Crippen LogP contribution is 2.29. The summed E-state index contributed by atoms with van der Waals surface area (Å²) in [6, 6.07) is 12.8. The molecule has 0 aromatic heterocycles. The van der Waals surface area contributed by atoms with E-state index in [9.17, 15) is 18.3 Å². The molecule has 0 saturated carbocycles. The van der Waals surface area contributed by atoms with E-state index in [1.54, 1.807) is 0 Å². The van der Waals surface area contributed by atoms with Gasteiger partial charge in [-0.2, -0.15) is 13.2 Å². The second kappa shape index (κ2) is 10.8. The first kappa shape index (κ1) is 22.6. The van der Waals surface area contributed by atoms with Gasteiger partial charge in [-0.15, -0.1) is 0 Å². The van der Waals surface area contributed by atoms with E-state index in [0.29, 0.717) is 25.4 Å². The average Bonchev–Trinajstić information content (AvgIpc) is 2.74. The quantitative estimate of drug-likeness (QED) is 0.635. The van der Waals surface area contributed by atoms with Crippen LogP contribution in [0.15, 0.2) is 48.5 Å². The molecule has 3 rings (SSSR count). The van der Waals surface area contributed by atoms with Gasteiger partial charge in [-0.1, -0.05) is 30.7 Å². The topological polar surface area (TPSA) is 44.7 Å². The summed E-state index contributed by atoms with van der Waals surface area (Å²) >= 11 is 0. The van der Waals surface area contributed by atoms with Crippen molar-refractivity contribution in [2.45, 2.75) is 44.6 Å². The second-order valence-electron chi connectivity index (χ2n) is 7.77. The molecule has 0 spiro atoms. The molecule has 2 aromatic carbocycles. The smallest absolute Gasteiger partial charge is 0.416 e. The number of aliphatic hydroxyl groups excluding tert-OH is 1. The van der Waals surface area contributed by atoms with Crippen LogP contribution in [-0.2, 0) is 19.3 Å².